The van der Waals surface area contributed by atoms with E-state index in [1.54, 1.807) is 36.4 Å². The minimum absolute atomic E-state index is 0.0409. The Morgan fingerprint density at radius 1 is 1.20 bits per heavy atom. The van der Waals surface area contributed by atoms with E-state index in [1.165, 1.54) is 24.3 Å². The second-order valence-corrected chi connectivity index (χ2v) is 5.04. The third-order valence-corrected chi connectivity index (χ3v) is 3.17. The maximum Gasteiger partial charge on any atom is 0.331 e. The number of hydrogen-bond donors (Lipinski definition) is 0. The summed E-state index contributed by atoms with van der Waals surface area (Å²) in [7, 11) is 0. The molecule has 0 spiro atoms. The van der Waals surface area contributed by atoms with E-state index in [4.69, 9.17) is 9.47 Å². The van der Waals surface area contributed by atoms with Crippen LogP contribution in [0.1, 0.15) is 11.1 Å². The molecule has 2 rings (SSSR count). The van der Waals surface area contributed by atoms with Crippen molar-refractivity contribution in [3.8, 4) is 5.75 Å². The summed E-state index contributed by atoms with van der Waals surface area (Å²) < 4.78 is 10.5. The van der Waals surface area contributed by atoms with Gasteiger partial charge in [-0.2, -0.15) is 0 Å². The summed E-state index contributed by atoms with van der Waals surface area (Å²) in [5.74, 6) is 0.178. The van der Waals surface area contributed by atoms with Gasteiger partial charge >= 0.3 is 5.97 Å². The molecular weight excluding hydrogens is 322 g/mol. The van der Waals surface area contributed by atoms with E-state index in [0.717, 1.165) is 11.1 Å². The highest BCUT2D eigenvalue weighted by Gasteiger charge is 2.04. The normalized spacial score (nSPS) is 10.4. The van der Waals surface area contributed by atoms with Crippen molar-refractivity contribution in [2.75, 3.05) is 6.61 Å². The van der Waals surface area contributed by atoms with Gasteiger partial charge in [0.15, 0.2) is 0 Å². The molecule has 128 valence electrons. The van der Waals surface area contributed by atoms with E-state index in [9.17, 15) is 14.9 Å². The predicted octanol–water partition coefficient (Wildman–Crippen LogP) is 3.92. The van der Waals surface area contributed by atoms with Crippen molar-refractivity contribution in [2.24, 2.45) is 0 Å². The van der Waals surface area contributed by atoms with Crippen LogP contribution in [-0.4, -0.2) is 17.5 Å². The van der Waals surface area contributed by atoms with Gasteiger partial charge < -0.3 is 9.47 Å². The second kappa shape index (κ2) is 9.02. The highest BCUT2D eigenvalue weighted by molar-refractivity contribution is 5.87. The lowest BCUT2D eigenvalue weighted by Gasteiger charge is -2.07. The summed E-state index contributed by atoms with van der Waals surface area (Å²) in [6.07, 6.45) is 4.46. The number of esters is 1. The number of nitrogens with zero attached hydrogens (tertiary/aromatic N) is 1. The lowest BCUT2D eigenvalue weighted by atomic mass is 10.2. The molecule has 0 aliphatic carbocycles. The minimum atomic E-state index is -0.447. The number of nitro groups is 1. The van der Waals surface area contributed by atoms with Crippen LogP contribution in [0.4, 0.5) is 5.69 Å². The fraction of sp³-hybridized carbons (Fsp3) is 0.105. The fourth-order valence-electron chi connectivity index (χ4n) is 1.94. The molecule has 6 heteroatoms. The van der Waals surface area contributed by atoms with Gasteiger partial charge in [-0.25, -0.2) is 4.79 Å². The topological polar surface area (TPSA) is 78.7 Å². The molecule has 0 saturated carbocycles. The zero-order valence-corrected chi connectivity index (χ0v) is 13.5. The van der Waals surface area contributed by atoms with Crippen LogP contribution in [-0.2, 0) is 16.1 Å². The molecule has 0 amide bonds. The molecule has 0 heterocycles. The molecule has 0 fully saturated rings. The van der Waals surface area contributed by atoms with Crippen LogP contribution in [0.5, 0.6) is 5.75 Å². The number of ether oxygens (including phenoxy) is 2. The van der Waals surface area contributed by atoms with E-state index in [0.29, 0.717) is 5.75 Å². The average Bonchev–Trinajstić information content (AvgIpc) is 2.63. The molecule has 0 N–H and O–H groups in total. The zero-order valence-electron chi connectivity index (χ0n) is 13.5. The smallest absolute Gasteiger partial charge is 0.331 e. The van der Waals surface area contributed by atoms with Gasteiger partial charge in [0.1, 0.15) is 19.0 Å². The number of carbonyl (C=O) groups excluding carboxylic acids is 1. The van der Waals surface area contributed by atoms with E-state index in [1.807, 2.05) is 6.07 Å². The third kappa shape index (κ3) is 5.95. The van der Waals surface area contributed by atoms with Crippen LogP contribution in [0.15, 0.2) is 67.3 Å². The molecule has 25 heavy (non-hydrogen) atoms. The SMILES string of the molecule is C=CCOC(=O)/C=C/c1cccc(OCc2ccc([N+](=O)[O-])cc2)c1. The van der Waals surface area contributed by atoms with Gasteiger partial charge in [-0.15, -0.1) is 0 Å². The molecule has 0 aliphatic rings. The maximum atomic E-state index is 11.4. The molecule has 2 aromatic carbocycles. The van der Waals surface area contributed by atoms with Crippen molar-refractivity contribution in [1.82, 2.24) is 0 Å². The van der Waals surface area contributed by atoms with Crippen molar-refractivity contribution in [2.45, 2.75) is 6.61 Å². The monoisotopic (exact) mass is 339 g/mol. The minimum Gasteiger partial charge on any atom is -0.489 e. The molecular formula is C19H17NO5. The summed E-state index contributed by atoms with van der Waals surface area (Å²) >= 11 is 0. The molecule has 6 nitrogen and oxygen atoms in total. The maximum absolute atomic E-state index is 11.4. The van der Waals surface area contributed by atoms with Crippen LogP contribution in [0.2, 0.25) is 0 Å². The second-order valence-electron chi connectivity index (χ2n) is 5.04. The Hall–Kier alpha value is -3.41. The largest absolute Gasteiger partial charge is 0.489 e. The average molecular weight is 339 g/mol. The molecule has 0 atom stereocenters. The van der Waals surface area contributed by atoms with Crippen LogP contribution in [0.25, 0.3) is 6.08 Å². The summed E-state index contributed by atoms with van der Waals surface area (Å²) in [4.78, 5) is 21.6. The Labute approximate surface area is 145 Å². The van der Waals surface area contributed by atoms with Crippen LogP contribution >= 0.6 is 0 Å². The van der Waals surface area contributed by atoms with Gasteiger partial charge in [0.05, 0.1) is 4.92 Å². The number of hydrogen-bond acceptors (Lipinski definition) is 5. The van der Waals surface area contributed by atoms with Crippen molar-refractivity contribution < 1.29 is 19.2 Å². The number of rotatable bonds is 8. The molecule has 0 unspecified atom stereocenters. The third-order valence-electron chi connectivity index (χ3n) is 3.17. The van der Waals surface area contributed by atoms with Crippen LogP contribution in [0.3, 0.4) is 0 Å². The van der Waals surface area contributed by atoms with Crippen LogP contribution in [0, 0.1) is 10.1 Å². The first-order valence-electron chi connectivity index (χ1n) is 7.50. The van der Waals surface area contributed by atoms with Gasteiger partial charge in [0, 0.05) is 18.2 Å². The first-order valence-corrected chi connectivity index (χ1v) is 7.50. The molecule has 0 aromatic heterocycles. The Morgan fingerprint density at radius 3 is 2.64 bits per heavy atom. The van der Waals surface area contributed by atoms with Crippen molar-refractivity contribution in [3.63, 3.8) is 0 Å². The Kier molecular flexibility index (Phi) is 6.47. The summed E-state index contributed by atoms with van der Waals surface area (Å²) in [5.41, 5.74) is 1.65. The van der Waals surface area contributed by atoms with Gasteiger partial charge in [0.25, 0.3) is 5.69 Å². The fourth-order valence-corrected chi connectivity index (χ4v) is 1.94. The van der Waals surface area contributed by atoms with Gasteiger partial charge in [-0.05, 0) is 41.5 Å². The van der Waals surface area contributed by atoms with Crippen molar-refractivity contribution in [1.29, 1.82) is 0 Å². The van der Waals surface area contributed by atoms with Crippen molar-refractivity contribution in [3.05, 3.63) is 88.5 Å². The first kappa shape index (κ1) is 17.9. The Morgan fingerprint density at radius 2 is 1.96 bits per heavy atom. The van der Waals surface area contributed by atoms with E-state index in [-0.39, 0.29) is 18.9 Å². The Balaban J connectivity index is 1.94. The summed E-state index contributed by atoms with van der Waals surface area (Å²) in [5, 5.41) is 10.6. The van der Waals surface area contributed by atoms with E-state index >= 15 is 0 Å². The molecule has 0 radical (unpaired) electrons. The number of non-ortho nitro benzene ring substituents is 1. The zero-order chi connectivity index (χ0) is 18.1. The standard InChI is InChI=1S/C19H17NO5/c1-2-12-24-19(21)11-8-15-4-3-5-18(13-15)25-14-16-6-9-17(10-7-16)20(22)23/h2-11,13H,1,12,14H2/b11-8+. The number of nitro benzene ring substituents is 1. The van der Waals surface area contributed by atoms with Gasteiger partial charge in [-0.3, -0.25) is 10.1 Å². The first-order chi connectivity index (χ1) is 12.1. The highest BCUT2D eigenvalue weighted by Crippen LogP contribution is 2.17. The highest BCUT2D eigenvalue weighted by atomic mass is 16.6. The molecule has 0 bridgehead atoms. The van der Waals surface area contributed by atoms with E-state index in [2.05, 4.69) is 6.58 Å². The number of carbonyl (C=O) groups is 1. The predicted molar refractivity (Wildman–Crippen MR) is 94.1 cm³/mol. The van der Waals surface area contributed by atoms with Crippen LogP contribution < -0.4 is 4.74 Å². The lowest BCUT2D eigenvalue weighted by Crippen LogP contribution is -1.99. The van der Waals surface area contributed by atoms with Gasteiger partial charge in [-0.1, -0.05) is 24.8 Å². The number of benzene rings is 2. The Bertz CT molecular complexity index is 781. The molecule has 2 aromatic rings. The molecule has 0 saturated heterocycles. The quantitative estimate of drug-likeness (QED) is 0.239. The van der Waals surface area contributed by atoms with Crippen molar-refractivity contribution >= 4 is 17.7 Å². The molecule has 0 aliphatic heterocycles. The van der Waals surface area contributed by atoms with Gasteiger partial charge in [0.2, 0.25) is 0 Å². The summed E-state index contributed by atoms with van der Waals surface area (Å²) in [6.45, 7) is 3.92. The lowest BCUT2D eigenvalue weighted by molar-refractivity contribution is -0.384. The summed E-state index contributed by atoms with van der Waals surface area (Å²) in [6, 6.07) is 13.4. The van der Waals surface area contributed by atoms with E-state index < -0.39 is 10.9 Å².